The molecule has 1 aromatic carbocycles. The lowest BCUT2D eigenvalue weighted by Crippen LogP contribution is -2.21. The second kappa shape index (κ2) is 11.7. The average molecular weight is 557 g/mol. The highest BCUT2D eigenvalue weighted by Crippen LogP contribution is 2.50. The van der Waals surface area contributed by atoms with Gasteiger partial charge in [0, 0.05) is 43.8 Å². The van der Waals surface area contributed by atoms with E-state index in [1.165, 1.54) is 13.8 Å². The fourth-order valence-electron chi connectivity index (χ4n) is 5.13. The Morgan fingerprint density at radius 1 is 1.08 bits per heavy atom. The number of methoxy groups -OCH3 is 2. The maximum Gasteiger partial charge on any atom is 0.213 e. The van der Waals surface area contributed by atoms with Gasteiger partial charge < -0.3 is 19.1 Å². The van der Waals surface area contributed by atoms with Gasteiger partial charge in [0.1, 0.15) is 12.4 Å². The molecule has 1 aliphatic carbocycles. The summed E-state index contributed by atoms with van der Waals surface area (Å²) >= 11 is 0. The van der Waals surface area contributed by atoms with Gasteiger partial charge in [-0.25, -0.2) is 14.4 Å². The summed E-state index contributed by atoms with van der Waals surface area (Å²) in [6.07, 6.45) is 4.92. The Kier molecular flexibility index (Phi) is 8.79. The van der Waals surface area contributed by atoms with Crippen LogP contribution in [0.2, 0.25) is 0 Å². The zero-order chi connectivity index (χ0) is 28.4. The second-order valence-corrected chi connectivity index (χ2v) is 14.0. The Morgan fingerprint density at radius 2 is 1.82 bits per heavy atom. The fourth-order valence-corrected chi connectivity index (χ4v) is 6.37. The molecule has 9 heteroatoms. The van der Waals surface area contributed by atoms with Crippen LogP contribution in [-0.4, -0.2) is 41.9 Å². The first-order valence-corrected chi connectivity index (χ1v) is 15.4. The van der Waals surface area contributed by atoms with Crippen molar-refractivity contribution in [3.8, 4) is 22.9 Å². The van der Waals surface area contributed by atoms with Crippen LogP contribution in [0.25, 0.3) is 11.1 Å². The van der Waals surface area contributed by atoms with Gasteiger partial charge in [0.2, 0.25) is 11.8 Å². The Bertz CT molecular complexity index is 1350. The summed E-state index contributed by atoms with van der Waals surface area (Å²) in [5.74, 6) is 0.771. The Labute approximate surface area is 230 Å². The third-order valence-electron chi connectivity index (χ3n) is 7.05. The van der Waals surface area contributed by atoms with Gasteiger partial charge in [0.25, 0.3) is 0 Å². The molecule has 4 rings (SSSR count). The molecule has 3 aromatic rings. The topological polar surface area (TPSA) is 90.8 Å². The number of halogens is 1. The lowest BCUT2D eigenvalue weighted by molar-refractivity contribution is 0.0155. The smallest absolute Gasteiger partial charge is 0.213 e. The Morgan fingerprint density at radius 3 is 2.44 bits per heavy atom. The van der Waals surface area contributed by atoms with E-state index in [1.54, 1.807) is 19.4 Å². The van der Waals surface area contributed by atoms with Gasteiger partial charge in [-0.1, -0.05) is 32.9 Å². The van der Waals surface area contributed by atoms with Crippen molar-refractivity contribution in [3.63, 3.8) is 0 Å². The van der Waals surface area contributed by atoms with E-state index in [1.807, 2.05) is 30.3 Å². The normalized spacial score (nSPS) is 16.8. The molecule has 1 fully saturated rings. The summed E-state index contributed by atoms with van der Waals surface area (Å²) < 4.78 is 44.4. The third-order valence-corrected chi connectivity index (χ3v) is 8.12. The predicted molar refractivity (Wildman–Crippen MR) is 150 cm³/mol. The molecule has 0 bridgehead atoms. The van der Waals surface area contributed by atoms with Crippen molar-refractivity contribution in [1.29, 1.82) is 0 Å². The number of nitrogens with zero attached hydrogens (tertiary/aromatic N) is 2. The molecule has 1 saturated carbocycles. The zero-order valence-corrected chi connectivity index (χ0v) is 24.4. The molecule has 2 unspecified atom stereocenters. The minimum absolute atomic E-state index is 0.0172. The molecule has 0 saturated heterocycles. The van der Waals surface area contributed by atoms with Crippen LogP contribution in [0.3, 0.4) is 0 Å². The second-order valence-electron chi connectivity index (χ2n) is 11.5. The lowest BCUT2D eigenvalue weighted by Gasteiger charge is -2.32. The molecule has 3 atom stereocenters. The SMILES string of the molecule is COc1cc(-c2ccc(COc3cc(C(CP(C)(=O)O)C4CC4)ccn3)cc2[C@@H](OC)C(C)(C)C)c(F)cn1. The van der Waals surface area contributed by atoms with Crippen molar-refractivity contribution >= 4 is 7.37 Å². The number of pyridine rings is 2. The summed E-state index contributed by atoms with van der Waals surface area (Å²) in [6.45, 7) is 7.88. The molecular formula is C30H38FN2O5P. The molecule has 210 valence electrons. The average Bonchev–Trinajstić information content (AvgIpc) is 3.71. The van der Waals surface area contributed by atoms with E-state index in [0.717, 1.165) is 35.7 Å². The van der Waals surface area contributed by atoms with Gasteiger partial charge in [0.15, 0.2) is 7.37 Å². The summed E-state index contributed by atoms with van der Waals surface area (Å²) in [5, 5.41) is 0. The minimum Gasteiger partial charge on any atom is -0.481 e. The number of benzene rings is 1. The Balaban J connectivity index is 1.64. The molecule has 0 radical (unpaired) electrons. The number of hydrogen-bond donors (Lipinski definition) is 1. The van der Waals surface area contributed by atoms with Gasteiger partial charge in [-0.3, -0.25) is 4.57 Å². The standard InChI is InChI=1S/C30H38FN2O5P/c1-30(2,3)29(37-5)24-13-19(7-10-22(24)23-15-27(36-4)33-16-26(23)31)17-38-28-14-21(11-12-32-28)25(20-8-9-20)18-39(6,34)35/h7,10-16,20,25,29H,8-9,17-18H2,1-6H3,(H,34,35)/t25?,29-/m1/s1. The van der Waals surface area contributed by atoms with Crippen LogP contribution >= 0.6 is 7.37 Å². The van der Waals surface area contributed by atoms with Gasteiger partial charge in [-0.15, -0.1) is 0 Å². The molecule has 39 heavy (non-hydrogen) atoms. The van der Waals surface area contributed by atoms with Crippen molar-refractivity contribution in [2.24, 2.45) is 11.3 Å². The van der Waals surface area contributed by atoms with Crippen LogP contribution in [0.15, 0.2) is 48.8 Å². The van der Waals surface area contributed by atoms with Crippen LogP contribution < -0.4 is 9.47 Å². The molecule has 1 aliphatic rings. The van der Waals surface area contributed by atoms with Crippen molar-refractivity contribution < 1.29 is 28.1 Å². The highest BCUT2D eigenvalue weighted by Gasteiger charge is 2.35. The van der Waals surface area contributed by atoms with E-state index in [9.17, 15) is 13.8 Å². The molecule has 0 spiro atoms. The first kappa shape index (κ1) is 29.2. The Hall–Kier alpha value is -2.80. The van der Waals surface area contributed by atoms with Crippen LogP contribution in [0.1, 0.15) is 62.3 Å². The monoisotopic (exact) mass is 556 g/mol. The number of hydrogen-bond acceptors (Lipinski definition) is 6. The third kappa shape index (κ3) is 7.44. The van der Waals surface area contributed by atoms with E-state index < -0.39 is 13.2 Å². The first-order valence-electron chi connectivity index (χ1n) is 13.1. The highest BCUT2D eigenvalue weighted by atomic mass is 31.2. The molecule has 2 aromatic heterocycles. The summed E-state index contributed by atoms with van der Waals surface area (Å²) in [4.78, 5) is 18.4. The maximum atomic E-state index is 14.9. The van der Waals surface area contributed by atoms with E-state index >= 15 is 0 Å². The van der Waals surface area contributed by atoms with Gasteiger partial charge in [0.05, 0.1) is 19.4 Å². The number of aromatic nitrogens is 2. The zero-order valence-electron chi connectivity index (χ0n) is 23.5. The lowest BCUT2D eigenvalue weighted by atomic mass is 9.81. The van der Waals surface area contributed by atoms with Crippen molar-refractivity contribution in [3.05, 3.63) is 71.3 Å². The van der Waals surface area contributed by atoms with Crippen LogP contribution in [0.4, 0.5) is 4.39 Å². The molecular weight excluding hydrogens is 518 g/mol. The predicted octanol–water partition coefficient (Wildman–Crippen LogP) is 7.00. The minimum atomic E-state index is -3.16. The van der Waals surface area contributed by atoms with E-state index in [-0.39, 0.29) is 30.2 Å². The molecule has 1 N–H and O–H groups in total. The largest absolute Gasteiger partial charge is 0.481 e. The van der Waals surface area contributed by atoms with E-state index in [4.69, 9.17) is 14.2 Å². The first-order chi connectivity index (χ1) is 18.4. The summed E-state index contributed by atoms with van der Waals surface area (Å²) in [7, 11) is -0.0107. The molecule has 0 amide bonds. The van der Waals surface area contributed by atoms with E-state index in [0.29, 0.717) is 28.8 Å². The molecule has 0 aliphatic heterocycles. The van der Waals surface area contributed by atoms with Gasteiger partial charge >= 0.3 is 0 Å². The van der Waals surface area contributed by atoms with Crippen LogP contribution in [0.5, 0.6) is 11.8 Å². The van der Waals surface area contributed by atoms with Gasteiger partial charge in [-0.05, 0) is 64.5 Å². The molecule has 7 nitrogen and oxygen atoms in total. The number of rotatable bonds is 11. The van der Waals surface area contributed by atoms with Crippen molar-refractivity contribution in [2.45, 2.75) is 52.2 Å². The van der Waals surface area contributed by atoms with Crippen molar-refractivity contribution in [2.75, 3.05) is 27.0 Å². The number of ether oxygens (including phenoxy) is 3. The summed E-state index contributed by atoms with van der Waals surface area (Å²) in [5.41, 5.74) is 3.49. The maximum absolute atomic E-state index is 14.9. The summed E-state index contributed by atoms with van der Waals surface area (Å²) in [6, 6.07) is 11.1. The molecule has 2 heterocycles. The van der Waals surface area contributed by atoms with Crippen LogP contribution in [-0.2, 0) is 15.9 Å². The fraction of sp³-hybridized carbons (Fsp3) is 0.467. The van der Waals surface area contributed by atoms with E-state index in [2.05, 4.69) is 30.7 Å². The van der Waals surface area contributed by atoms with Gasteiger partial charge in [-0.2, -0.15) is 0 Å². The highest BCUT2D eigenvalue weighted by molar-refractivity contribution is 7.57. The van der Waals surface area contributed by atoms with Crippen molar-refractivity contribution in [1.82, 2.24) is 9.97 Å². The quantitative estimate of drug-likeness (QED) is 0.254. The van der Waals surface area contributed by atoms with Crippen LogP contribution in [0, 0.1) is 17.2 Å².